The highest BCUT2D eigenvalue weighted by molar-refractivity contribution is 5.93. The molecule has 3 aromatic carbocycles. The Balaban J connectivity index is 1.41. The number of carbonyl (C=O) groups is 1. The van der Waals surface area contributed by atoms with E-state index in [0.717, 1.165) is 30.8 Å². The van der Waals surface area contributed by atoms with E-state index in [0.29, 0.717) is 18.8 Å². The number of para-hydroxylation sites is 1. The predicted molar refractivity (Wildman–Crippen MR) is 147 cm³/mol. The smallest absolute Gasteiger partial charge is 0.336 e. The maximum Gasteiger partial charge on any atom is 0.336 e. The van der Waals surface area contributed by atoms with Crippen LogP contribution in [0.2, 0.25) is 0 Å². The Kier molecular flexibility index (Phi) is 5.45. The second-order valence-electron chi connectivity index (χ2n) is 11.2. The van der Waals surface area contributed by atoms with Crippen molar-refractivity contribution >= 4 is 22.4 Å². The van der Waals surface area contributed by atoms with Gasteiger partial charge in [-0.05, 0) is 54.7 Å². The van der Waals surface area contributed by atoms with E-state index in [-0.39, 0.29) is 29.4 Å². The summed E-state index contributed by atoms with van der Waals surface area (Å²) in [5.41, 5.74) is 5.01. The van der Waals surface area contributed by atoms with Crippen molar-refractivity contribution in [1.82, 2.24) is 4.90 Å². The second-order valence-corrected chi connectivity index (χ2v) is 11.2. The van der Waals surface area contributed by atoms with E-state index in [1.807, 2.05) is 6.92 Å². The quantitative estimate of drug-likeness (QED) is 0.465. The van der Waals surface area contributed by atoms with Crippen molar-refractivity contribution in [2.24, 2.45) is 5.92 Å². The van der Waals surface area contributed by atoms with E-state index in [2.05, 4.69) is 83.9 Å². The molecule has 3 unspecified atom stereocenters. The van der Waals surface area contributed by atoms with Crippen molar-refractivity contribution in [3.63, 3.8) is 0 Å². The first-order valence-electron chi connectivity index (χ1n) is 13.7. The van der Waals surface area contributed by atoms with Crippen molar-refractivity contribution in [3.8, 4) is 0 Å². The number of hydrogen-bond acceptors (Lipinski definition) is 6. The third kappa shape index (κ3) is 3.20. The number of rotatable bonds is 4. The molecule has 3 aromatic rings. The molecule has 3 aliphatic heterocycles. The molecule has 2 saturated heterocycles. The van der Waals surface area contributed by atoms with E-state index in [4.69, 9.17) is 14.2 Å². The second kappa shape index (κ2) is 8.67. The fourth-order valence-corrected chi connectivity index (χ4v) is 7.86. The number of likely N-dealkylation sites (tertiary alicyclic amines) is 1. The van der Waals surface area contributed by atoms with Gasteiger partial charge in [-0.3, -0.25) is 4.90 Å². The highest BCUT2D eigenvalue weighted by Gasteiger charge is 2.63. The van der Waals surface area contributed by atoms with Crippen LogP contribution in [0.5, 0.6) is 0 Å². The molecule has 0 aromatic heterocycles. The summed E-state index contributed by atoms with van der Waals surface area (Å²) < 4.78 is 17.8. The van der Waals surface area contributed by atoms with Crippen LogP contribution in [0.15, 0.2) is 78.0 Å². The fourth-order valence-electron chi connectivity index (χ4n) is 7.86. The van der Waals surface area contributed by atoms with Crippen LogP contribution >= 0.6 is 0 Å². The summed E-state index contributed by atoms with van der Waals surface area (Å²) in [4.78, 5) is 16.2. The summed E-state index contributed by atoms with van der Waals surface area (Å²) in [5, 5.41) is 6.26. The first kappa shape index (κ1) is 23.9. The number of esters is 1. The van der Waals surface area contributed by atoms with Crippen molar-refractivity contribution < 1.29 is 19.0 Å². The van der Waals surface area contributed by atoms with Gasteiger partial charge >= 0.3 is 5.97 Å². The molecule has 0 amide bonds. The van der Waals surface area contributed by atoms with E-state index in [1.165, 1.54) is 29.0 Å². The van der Waals surface area contributed by atoms with Gasteiger partial charge in [0, 0.05) is 35.9 Å². The Morgan fingerprint density at radius 1 is 1.05 bits per heavy atom. The number of ether oxygens (including phenoxy) is 3. The summed E-state index contributed by atoms with van der Waals surface area (Å²) in [6, 6.07) is 24.1. The van der Waals surface area contributed by atoms with Gasteiger partial charge in [-0.1, -0.05) is 60.7 Å². The third-order valence-corrected chi connectivity index (χ3v) is 9.59. The zero-order valence-electron chi connectivity index (χ0n) is 22.2. The SMILES string of the molecule is COC(=O)C1=C2Nc3ccccc3C23CCN([C@@H](C)c2cccc4ccccc24)C3CC1C1(C)OCCO1. The van der Waals surface area contributed by atoms with Crippen LogP contribution in [0.3, 0.4) is 0 Å². The largest absolute Gasteiger partial charge is 0.466 e. The van der Waals surface area contributed by atoms with Crippen LogP contribution in [0.1, 0.15) is 43.9 Å². The van der Waals surface area contributed by atoms with E-state index in [9.17, 15) is 4.79 Å². The normalized spacial score (nSPS) is 28.5. The van der Waals surface area contributed by atoms with Gasteiger partial charge in [0.2, 0.25) is 0 Å². The number of nitrogens with zero attached hydrogens (tertiary/aromatic N) is 1. The first-order valence-corrected chi connectivity index (χ1v) is 13.7. The molecule has 3 heterocycles. The third-order valence-electron chi connectivity index (χ3n) is 9.59. The van der Waals surface area contributed by atoms with Crippen LogP contribution in [0.25, 0.3) is 10.8 Å². The lowest BCUT2D eigenvalue weighted by atomic mass is 9.63. The molecule has 1 spiro atoms. The Hall–Kier alpha value is -3.19. The topological polar surface area (TPSA) is 60.0 Å². The zero-order chi connectivity index (χ0) is 26.1. The molecule has 2 fully saturated rings. The molecular weight excluding hydrogens is 476 g/mol. The van der Waals surface area contributed by atoms with Crippen LogP contribution < -0.4 is 5.32 Å². The molecule has 6 heteroatoms. The minimum Gasteiger partial charge on any atom is -0.466 e. The minimum absolute atomic E-state index is 0.158. The van der Waals surface area contributed by atoms with E-state index < -0.39 is 5.79 Å². The van der Waals surface area contributed by atoms with Crippen molar-refractivity contribution in [2.75, 3.05) is 32.2 Å². The lowest BCUT2D eigenvalue weighted by molar-refractivity contribution is -0.183. The van der Waals surface area contributed by atoms with Crippen molar-refractivity contribution in [1.29, 1.82) is 0 Å². The summed E-state index contributed by atoms with van der Waals surface area (Å²) in [7, 11) is 1.47. The van der Waals surface area contributed by atoms with Gasteiger partial charge in [0.25, 0.3) is 0 Å². The molecule has 0 saturated carbocycles. The Morgan fingerprint density at radius 2 is 1.79 bits per heavy atom. The van der Waals surface area contributed by atoms with Crippen LogP contribution in [-0.4, -0.2) is 49.6 Å². The molecule has 38 heavy (non-hydrogen) atoms. The highest BCUT2D eigenvalue weighted by Crippen LogP contribution is 2.61. The predicted octanol–water partition coefficient (Wildman–Crippen LogP) is 5.55. The maximum atomic E-state index is 13.5. The monoisotopic (exact) mass is 510 g/mol. The molecular formula is C32H34N2O4. The number of carbonyl (C=O) groups excluding carboxylic acids is 1. The van der Waals surface area contributed by atoms with Crippen molar-refractivity contribution in [2.45, 2.75) is 50.0 Å². The van der Waals surface area contributed by atoms with Gasteiger partial charge in [-0.15, -0.1) is 0 Å². The molecule has 0 radical (unpaired) electrons. The highest BCUT2D eigenvalue weighted by atomic mass is 16.7. The van der Waals surface area contributed by atoms with Crippen LogP contribution in [0.4, 0.5) is 5.69 Å². The van der Waals surface area contributed by atoms with Crippen LogP contribution in [-0.2, 0) is 24.4 Å². The summed E-state index contributed by atoms with van der Waals surface area (Å²) >= 11 is 0. The Bertz CT molecular complexity index is 1450. The lowest BCUT2D eigenvalue weighted by Gasteiger charge is -2.48. The summed E-state index contributed by atoms with van der Waals surface area (Å²) in [5.74, 6) is -1.44. The molecule has 1 N–H and O–H groups in total. The van der Waals surface area contributed by atoms with Gasteiger partial charge < -0.3 is 19.5 Å². The average Bonchev–Trinajstić information content (AvgIpc) is 3.66. The van der Waals surface area contributed by atoms with Crippen molar-refractivity contribution in [3.05, 3.63) is 89.1 Å². The summed E-state index contributed by atoms with van der Waals surface area (Å²) in [6.45, 7) is 6.28. The number of benzene rings is 3. The number of fused-ring (bicyclic) bond motifs is 2. The molecule has 1 aliphatic carbocycles. The molecule has 196 valence electrons. The number of anilines is 1. The maximum absolute atomic E-state index is 13.5. The van der Waals surface area contributed by atoms with Gasteiger partial charge in [-0.25, -0.2) is 4.79 Å². The number of nitrogens with one attached hydrogen (secondary N) is 1. The van der Waals surface area contributed by atoms with E-state index in [1.54, 1.807) is 0 Å². The van der Waals surface area contributed by atoms with Crippen LogP contribution in [0, 0.1) is 5.92 Å². The standard InChI is InChI=1S/C32H34N2O4/c1-20(22-12-8-10-21-9-4-5-11-23(21)22)34-16-15-32-24-13-6-7-14-26(24)33-29(32)28(30(35)36-3)25(19-27(32)34)31(2)37-17-18-38-31/h4-14,20,25,27,33H,15-19H2,1-3H3/t20-,25?,27?,32?/m0/s1. The average molecular weight is 511 g/mol. The number of hydrogen-bond donors (Lipinski definition) is 1. The first-order chi connectivity index (χ1) is 18.5. The number of methoxy groups -OCH3 is 1. The molecule has 6 nitrogen and oxygen atoms in total. The minimum atomic E-state index is -0.879. The molecule has 7 rings (SSSR count). The van der Waals surface area contributed by atoms with Gasteiger partial charge in [0.05, 0.1) is 31.3 Å². The summed E-state index contributed by atoms with van der Waals surface area (Å²) in [6.07, 6.45) is 1.67. The molecule has 0 bridgehead atoms. The lowest BCUT2D eigenvalue weighted by Crippen LogP contribution is -2.54. The van der Waals surface area contributed by atoms with Gasteiger partial charge in [0.15, 0.2) is 5.79 Å². The van der Waals surface area contributed by atoms with E-state index >= 15 is 0 Å². The Morgan fingerprint density at radius 3 is 2.61 bits per heavy atom. The fraction of sp³-hybridized carbons (Fsp3) is 0.406. The molecule has 4 atom stereocenters. The Labute approximate surface area is 223 Å². The van der Waals surface area contributed by atoms with Gasteiger partial charge in [-0.2, -0.15) is 0 Å². The zero-order valence-corrected chi connectivity index (χ0v) is 22.2. The van der Waals surface area contributed by atoms with Gasteiger partial charge in [0.1, 0.15) is 0 Å². The molecule has 4 aliphatic rings.